The minimum atomic E-state index is -1.20. The molecule has 18 nitrogen and oxygen atoms in total. The zero-order valence-electron chi connectivity index (χ0n) is 71.3. The molecule has 0 aromatic heterocycles. The first-order valence-electron chi connectivity index (χ1n) is 38.1. The van der Waals surface area contributed by atoms with Crippen LogP contribution in [-0.2, 0) is 0 Å². The van der Waals surface area contributed by atoms with Crippen molar-refractivity contribution in [2.75, 3.05) is 6.61 Å². The van der Waals surface area contributed by atoms with Gasteiger partial charge in [-0.1, -0.05) is 162 Å². The van der Waals surface area contributed by atoms with Gasteiger partial charge in [-0.25, -0.2) is 19.2 Å². The molecule has 0 saturated carbocycles. The highest BCUT2D eigenvalue weighted by Crippen LogP contribution is 2.22. The molecule has 0 aliphatic carbocycles. The molecule has 0 atom stereocenters. The number of carboxylic acids is 4. The number of carbonyl (C=O) groups is 13. The normalized spacial score (nSPS) is 9.16. The van der Waals surface area contributed by atoms with Gasteiger partial charge in [-0.3, -0.25) is 43.2 Å². The van der Waals surface area contributed by atoms with Gasteiger partial charge in [-0.2, -0.15) is 0 Å². The summed E-state index contributed by atoms with van der Waals surface area (Å²) in [5, 5.41) is 45.1. The maximum atomic E-state index is 11.9. The summed E-state index contributed by atoms with van der Waals surface area (Å²) in [7, 11) is 0. The second-order valence-electron chi connectivity index (χ2n) is 26.8. The third-order valence-electron chi connectivity index (χ3n) is 17.6. The third-order valence-corrected chi connectivity index (χ3v) is 17.6. The average molecular weight is 1700 g/mol. The van der Waals surface area contributed by atoms with Crippen molar-refractivity contribution >= 4 is 75.9 Å². The van der Waals surface area contributed by atoms with E-state index >= 15 is 0 Å². The van der Waals surface area contributed by atoms with Crippen LogP contribution >= 0.6 is 0 Å². The summed E-state index contributed by atoms with van der Waals surface area (Å²) in [4.78, 5) is 145. The monoisotopic (exact) mass is 1700 g/mol. The van der Waals surface area contributed by atoms with Crippen molar-refractivity contribution in [2.45, 2.75) is 62.3 Å². The van der Waals surface area contributed by atoms with Gasteiger partial charge < -0.3 is 25.5 Å². The largest absolute Gasteiger partial charge is 0.478 e. The van der Waals surface area contributed by atoms with Crippen LogP contribution in [0, 0.1) is 141 Å². The molecular weight excluding hydrogens is 1620 g/mol. The molecule has 0 radical (unpaired) electrons. The Kier molecular flexibility index (Phi) is 41.4. The van der Waals surface area contributed by atoms with Gasteiger partial charge in [0, 0.05) is 128 Å². The predicted molar refractivity (Wildman–Crippen MR) is 496 cm³/mol. The number of Topliss-reactive ketones (excluding diaryl/α,β-unsaturated/α-hetero) is 9. The number of aliphatic hydroxyl groups excluding tert-OH is 1. The summed E-state index contributed by atoms with van der Waals surface area (Å²) in [6, 6.07) is 64.5. The van der Waals surface area contributed by atoms with E-state index in [4.69, 9.17) is 71.8 Å². The molecule has 129 heavy (non-hydrogen) atoms. The molecule has 11 aromatic rings. The second-order valence-corrected chi connectivity index (χ2v) is 26.8. The summed E-state index contributed by atoms with van der Waals surface area (Å²) in [6.07, 6.45) is 41.6. The molecule has 11 rings (SSSR count). The van der Waals surface area contributed by atoms with Crippen molar-refractivity contribution in [3.8, 4) is 134 Å². The Morgan fingerprint density at radius 3 is 0.829 bits per heavy atom. The molecule has 0 spiro atoms. The van der Waals surface area contributed by atoms with Gasteiger partial charge in [-0.15, -0.1) is 51.4 Å². The van der Waals surface area contributed by atoms with Crippen molar-refractivity contribution in [3.63, 3.8) is 0 Å². The molecule has 0 unspecified atom stereocenters. The average Bonchev–Trinajstić information content (AvgIpc) is 0.814. The Morgan fingerprint density at radius 2 is 0.496 bits per heavy atom. The van der Waals surface area contributed by atoms with E-state index < -0.39 is 36.3 Å². The number of hydrogen-bond acceptors (Lipinski definition) is 14. The van der Waals surface area contributed by atoms with Crippen molar-refractivity contribution in [2.24, 2.45) is 0 Å². The van der Waals surface area contributed by atoms with Crippen LogP contribution in [0.2, 0.25) is 0 Å². The third kappa shape index (κ3) is 32.4. The lowest BCUT2D eigenvalue weighted by Crippen LogP contribution is -2.10. The summed E-state index contributed by atoms with van der Waals surface area (Å²) in [5.41, 5.74) is 12.3. The highest BCUT2D eigenvalue weighted by molar-refractivity contribution is 6.10. The van der Waals surface area contributed by atoms with Crippen LogP contribution in [0.15, 0.2) is 231 Å². The zero-order chi connectivity index (χ0) is 96.1. The number of benzene rings is 11. The van der Waals surface area contributed by atoms with Crippen LogP contribution in [0.5, 0.6) is 0 Å². The maximum absolute atomic E-state index is 11.9. The number of aryl methyl sites for hydroxylation is 1. The van der Waals surface area contributed by atoms with E-state index in [2.05, 4.69) is 82.9 Å². The van der Waals surface area contributed by atoms with E-state index in [1.54, 1.807) is 79.7 Å². The Balaban J connectivity index is 0.000000315. The number of carboxylic acid groups (broad SMARTS) is 4. The van der Waals surface area contributed by atoms with Gasteiger partial charge in [0.15, 0.2) is 52.0 Å². The van der Waals surface area contributed by atoms with Gasteiger partial charge in [0.05, 0.1) is 22.3 Å². The first-order chi connectivity index (χ1) is 61.3. The highest BCUT2D eigenvalue weighted by Gasteiger charge is 2.21. The van der Waals surface area contributed by atoms with Gasteiger partial charge >= 0.3 is 23.9 Å². The molecular formula is C111H80O18. The Morgan fingerprint density at radius 1 is 0.225 bits per heavy atom. The summed E-state index contributed by atoms with van der Waals surface area (Å²) in [6.45, 7) is 12.5. The maximum Gasteiger partial charge on any atom is 0.336 e. The SMILES string of the molecule is C#Cc1cc(C(C)=O)c(C(=O)O)cc1C#C.C#Cc1ccc(C(C)=O)c(C(=O)CO)c1.C#Cc1ccc(C(C)=O)c(C(=O)O)c1.C#Cc1ccc(C(C)=O)cc1.C#Cc1ccc(C(C)=O)cc1C.C#Cc1ccc(C(C)=O)cc1C#C.CC(=O)c1cc(C#Cc2ccccc2)c(C#Cc2ccccc2)cc1C(=O)O.CC(=O)c1ccc(C#Cc2ccccc2)cc1C(=O)O. The van der Waals surface area contributed by atoms with Gasteiger partial charge in [0.1, 0.15) is 6.61 Å². The molecule has 18 heteroatoms. The predicted octanol–water partition coefficient (Wildman–Crippen LogP) is 17.4. The number of hydrogen-bond donors (Lipinski definition) is 5. The molecule has 0 amide bonds. The van der Waals surface area contributed by atoms with Crippen LogP contribution in [0.25, 0.3) is 0 Å². The quantitative estimate of drug-likeness (QED) is 0.0499. The van der Waals surface area contributed by atoms with Gasteiger partial charge in [0.25, 0.3) is 0 Å². The van der Waals surface area contributed by atoms with E-state index in [9.17, 15) is 67.4 Å². The van der Waals surface area contributed by atoms with Crippen molar-refractivity contribution in [3.05, 3.63) is 386 Å². The fourth-order valence-electron chi connectivity index (χ4n) is 10.9. The minimum absolute atomic E-state index is 0.0138. The smallest absolute Gasteiger partial charge is 0.336 e. The number of aromatic carboxylic acids is 4. The van der Waals surface area contributed by atoms with Gasteiger partial charge in [-0.05, 0) is 220 Å². The number of terminal acetylenes is 8. The molecule has 5 N–H and O–H groups in total. The van der Waals surface area contributed by atoms with Crippen LogP contribution in [0.4, 0.5) is 0 Å². The molecule has 0 bridgehead atoms. The van der Waals surface area contributed by atoms with E-state index in [0.29, 0.717) is 66.8 Å². The number of ketones is 9. The lowest BCUT2D eigenvalue weighted by molar-refractivity contribution is 0.0683. The van der Waals surface area contributed by atoms with Crippen LogP contribution < -0.4 is 0 Å². The van der Waals surface area contributed by atoms with Crippen LogP contribution in [0.1, 0.15) is 273 Å². The van der Waals surface area contributed by atoms with Crippen LogP contribution in [0.3, 0.4) is 0 Å². The molecule has 0 heterocycles. The number of carbonyl (C=O) groups excluding carboxylic acids is 9. The molecule has 0 aliphatic rings. The summed E-state index contributed by atoms with van der Waals surface area (Å²) in [5.74, 6) is 30.7. The highest BCUT2D eigenvalue weighted by atomic mass is 16.4. The van der Waals surface area contributed by atoms with Gasteiger partial charge in [0.2, 0.25) is 0 Å². The molecule has 0 aliphatic heterocycles. The zero-order valence-corrected chi connectivity index (χ0v) is 71.3. The standard InChI is InChI=1S/C25H16O3.C17H12O3.C13H8O3.C12H10O3.C12H8O.C11H8O3.C11H10O.C10H8O/c1-18(26)23-16-21(14-12-19-8-4-2-5-9-19)22(17-24(23)25(27)28)15-13-20-10-6-3-7-11-20;1-12(18)15-10-9-14(11-16(15)17(19)20)8-7-13-5-3-2-4-6-13;1-4-9-6-11(8(3)14)12(13(15)16)7-10(9)5-2;1-3-9-4-5-10(8(2)14)11(6-9)12(15)7-13;1-4-10-6-7-12(9(3)13)8-11(10)5-2;1-3-8-4-5-9(7(2)12)10(6-8)11(13)14;1-4-10-5-6-11(9(3)12)7-8(10)2;1-3-9-4-6-10(7-5-9)8(2)11/h2-11,16-17H,1H3,(H,27,28);2-6,9-11H,1H3,(H,19,20);1-2,6-7H,3H3,(H,15,16);1,4-6,13H,7H2,2H3;1-2,6-8H,3H3;1,4-6H,2H3,(H,13,14);1,5-7H,2-3H3;1,4-7H,2H3. The van der Waals surface area contributed by atoms with Crippen LogP contribution in [-0.4, -0.2) is 108 Å². The Labute approximate surface area is 749 Å². The first-order valence-corrected chi connectivity index (χ1v) is 38.1. The lowest BCUT2D eigenvalue weighted by Gasteiger charge is -2.06. The first kappa shape index (κ1) is 103. The van der Waals surface area contributed by atoms with Crippen molar-refractivity contribution in [1.82, 2.24) is 0 Å². The number of aliphatic hydroxyl groups is 1. The lowest BCUT2D eigenvalue weighted by atomic mass is 9.96. The minimum Gasteiger partial charge on any atom is -0.478 e. The van der Waals surface area contributed by atoms with E-state index in [1.165, 1.54) is 109 Å². The molecule has 11 aromatic carbocycles. The van der Waals surface area contributed by atoms with Crippen molar-refractivity contribution in [1.29, 1.82) is 0 Å². The van der Waals surface area contributed by atoms with E-state index in [1.807, 2.05) is 104 Å². The molecule has 632 valence electrons. The topological polar surface area (TPSA) is 323 Å². The number of rotatable bonds is 14. The Hall–Kier alpha value is -18.6. The Bertz CT molecular complexity index is 6650. The fourth-order valence-corrected chi connectivity index (χ4v) is 10.9. The van der Waals surface area contributed by atoms with Crippen molar-refractivity contribution < 1.29 is 87.9 Å². The molecule has 0 saturated heterocycles. The fraction of sp³-hybridized carbons (Fsp3) is 0.0901. The summed E-state index contributed by atoms with van der Waals surface area (Å²) < 4.78 is 0. The van der Waals surface area contributed by atoms with E-state index in [-0.39, 0.29) is 102 Å². The second kappa shape index (κ2) is 51.9. The molecule has 0 fully saturated rings. The summed E-state index contributed by atoms with van der Waals surface area (Å²) >= 11 is 0. The van der Waals surface area contributed by atoms with E-state index in [0.717, 1.165) is 33.4 Å².